The fraction of sp³-hybridized carbons (Fsp3) is 0.320. The number of amides is 1. The van der Waals surface area contributed by atoms with E-state index in [0.717, 1.165) is 6.07 Å². The summed E-state index contributed by atoms with van der Waals surface area (Å²) in [5.41, 5.74) is 4.51. The molecule has 0 bridgehead atoms. The second kappa shape index (κ2) is 10.8. The van der Waals surface area contributed by atoms with E-state index in [4.69, 9.17) is 15.2 Å². The van der Waals surface area contributed by atoms with Crippen LogP contribution in [0, 0.1) is 5.92 Å². The summed E-state index contributed by atoms with van der Waals surface area (Å²) in [5.74, 6) is -0.710. The molecule has 1 saturated heterocycles. The maximum absolute atomic E-state index is 13.4. The molecule has 1 aliphatic rings. The zero-order valence-electron chi connectivity index (χ0n) is 19.9. The molecule has 12 heteroatoms. The predicted octanol–water partition coefficient (Wildman–Crippen LogP) is 4.49. The highest BCUT2D eigenvalue weighted by molar-refractivity contribution is 5.95. The highest BCUT2D eigenvalue weighted by Gasteiger charge is 2.35. The molecule has 0 unspecified atom stereocenters. The van der Waals surface area contributed by atoms with Crippen molar-refractivity contribution in [3.05, 3.63) is 64.4 Å². The minimum atomic E-state index is -4.59. The Morgan fingerprint density at radius 3 is 2.57 bits per heavy atom. The van der Waals surface area contributed by atoms with Crippen molar-refractivity contribution >= 4 is 40.9 Å². The first-order valence-electron chi connectivity index (χ1n) is 11.2. The van der Waals surface area contributed by atoms with Crippen LogP contribution >= 0.6 is 12.4 Å². The molecule has 37 heavy (non-hydrogen) atoms. The molecular formula is C25H25ClF3N3O5. The zero-order chi connectivity index (χ0) is 26.2. The van der Waals surface area contributed by atoms with Gasteiger partial charge in [0.1, 0.15) is 12.6 Å². The van der Waals surface area contributed by atoms with Gasteiger partial charge in [0.15, 0.2) is 6.10 Å². The number of aromatic amines is 1. The number of alkyl halides is 3. The van der Waals surface area contributed by atoms with Crippen molar-refractivity contribution in [2.45, 2.75) is 32.2 Å². The number of H-pyrrole nitrogens is 1. The Labute approximate surface area is 215 Å². The van der Waals surface area contributed by atoms with Crippen LogP contribution in [0.5, 0.6) is 0 Å². The van der Waals surface area contributed by atoms with Crippen molar-refractivity contribution in [3.63, 3.8) is 0 Å². The van der Waals surface area contributed by atoms with Gasteiger partial charge in [0.05, 0.1) is 12.1 Å². The number of fused-ring (bicyclic) bond motifs is 1. The van der Waals surface area contributed by atoms with Crippen molar-refractivity contribution in [1.82, 2.24) is 4.98 Å². The smallest absolute Gasteiger partial charge is 0.417 e. The van der Waals surface area contributed by atoms with Crippen LogP contribution in [0.15, 0.2) is 53.3 Å². The van der Waals surface area contributed by atoms with E-state index in [1.165, 1.54) is 35.2 Å². The molecule has 0 saturated carbocycles. The Kier molecular flexibility index (Phi) is 8.19. The standard InChI is InChI=1S/C25H24F3N3O5.ClH/c1-13(2)21(29)23(33)35-12-16-11-31(24(34)36-16)15-8-7-14-9-20(30-22(32)18(14)10-15)17-5-3-4-6-19(17)25(26,27)28;/h3-10,13,16,21H,11-12,29H2,1-2H3,(H,30,32);1H/t16-,21-;/m0./s1. The lowest BCUT2D eigenvalue weighted by Gasteiger charge is -2.16. The van der Waals surface area contributed by atoms with Gasteiger partial charge in [0.25, 0.3) is 5.56 Å². The summed E-state index contributed by atoms with van der Waals surface area (Å²) < 4.78 is 50.7. The Morgan fingerprint density at radius 2 is 1.89 bits per heavy atom. The number of cyclic esters (lactones) is 1. The SMILES string of the molecule is CC(C)[C@H](N)C(=O)OC[C@@H]1CN(c2ccc3cc(-c4ccccc4C(F)(F)F)[nH]c(=O)c3c2)C(=O)O1.Cl. The number of hydrogen-bond donors (Lipinski definition) is 2. The first kappa shape index (κ1) is 28.0. The second-order valence-corrected chi connectivity index (χ2v) is 8.84. The number of rotatable bonds is 6. The summed E-state index contributed by atoms with van der Waals surface area (Å²) in [5, 5.41) is 0.585. The van der Waals surface area contributed by atoms with E-state index in [2.05, 4.69) is 4.98 Å². The number of carbonyl (C=O) groups excluding carboxylic acids is 2. The monoisotopic (exact) mass is 539 g/mol. The minimum Gasteiger partial charge on any atom is -0.460 e. The normalized spacial score (nSPS) is 16.5. The summed E-state index contributed by atoms with van der Waals surface area (Å²) in [4.78, 5) is 41.0. The first-order chi connectivity index (χ1) is 17.0. The van der Waals surface area contributed by atoms with Gasteiger partial charge in [-0.15, -0.1) is 12.4 Å². The highest BCUT2D eigenvalue weighted by Crippen LogP contribution is 2.36. The van der Waals surface area contributed by atoms with E-state index in [9.17, 15) is 27.6 Å². The van der Waals surface area contributed by atoms with E-state index in [1.807, 2.05) is 0 Å². The van der Waals surface area contributed by atoms with Gasteiger partial charge in [-0.05, 0) is 35.6 Å². The maximum Gasteiger partial charge on any atom is 0.417 e. The van der Waals surface area contributed by atoms with Crippen LogP contribution in [0.4, 0.5) is 23.7 Å². The minimum absolute atomic E-state index is 0. The van der Waals surface area contributed by atoms with Gasteiger partial charge in [0.2, 0.25) is 0 Å². The highest BCUT2D eigenvalue weighted by atomic mass is 35.5. The molecule has 8 nitrogen and oxygen atoms in total. The number of carbonyl (C=O) groups is 2. The molecule has 1 aromatic heterocycles. The average Bonchev–Trinajstić information content (AvgIpc) is 3.21. The number of ether oxygens (including phenoxy) is 2. The maximum atomic E-state index is 13.4. The number of anilines is 1. The Balaban J connectivity index is 0.00000380. The van der Waals surface area contributed by atoms with Crippen LogP contribution in [0.25, 0.3) is 22.0 Å². The first-order valence-corrected chi connectivity index (χ1v) is 11.2. The second-order valence-electron chi connectivity index (χ2n) is 8.84. The van der Waals surface area contributed by atoms with E-state index in [1.54, 1.807) is 26.0 Å². The average molecular weight is 540 g/mol. The van der Waals surface area contributed by atoms with Gasteiger partial charge in [-0.25, -0.2) is 4.79 Å². The van der Waals surface area contributed by atoms with Crippen LogP contribution in [0.1, 0.15) is 19.4 Å². The third-order valence-corrected chi connectivity index (χ3v) is 5.94. The summed E-state index contributed by atoms with van der Waals surface area (Å²) >= 11 is 0. The summed E-state index contributed by atoms with van der Waals surface area (Å²) in [7, 11) is 0. The number of nitrogens with two attached hydrogens (primary N) is 1. The Hall–Kier alpha value is -3.57. The van der Waals surface area contributed by atoms with Gasteiger partial charge >= 0.3 is 18.2 Å². The van der Waals surface area contributed by atoms with Gasteiger partial charge < -0.3 is 20.2 Å². The van der Waals surface area contributed by atoms with Crippen LogP contribution < -0.4 is 16.2 Å². The lowest BCUT2D eigenvalue weighted by atomic mass is 10.0. The van der Waals surface area contributed by atoms with E-state index >= 15 is 0 Å². The summed E-state index contributed by atoms with van der Waals surface area (Å²) in [6.45, 7) is 3.46. The molecule has 3 N–H and O–H groups in total. The number of esters is 1. The number of hydrogen-bond acceptors (Lipinski definition) is 6. The third-order valence-electron chi connectivity index (χ3n) is 5.94. The Bertz CT molecular complexity index is 1380. The van der Waals surface area contributed by atoms with Gasteiger partial charge in [0, 0.05) is 22.3 Å². The van der Waals surface area contributed by atoms with Crippen molar-refractivity contribution in [2.24, 2.45) is 11.7 Å². The van der Waals surface area contributed by atoms with Crippen molar-refractivity contribution < 1.29 is 32.2 Å². The van der Waals surface area contributed by atoms with E-state index in [0.29, 0.717) is 11.1 Å². The molecule has 3 aromatic rings. The molecular weight excluding hydrogens is 515 g/mol. The largest absolute Gasteiger partial charge is 0.460 e. The van der Waals surface area contributed by atoms with Crippen molar-refractivity contribution in [2.75, 3.05) is 18.1 Å². The Morgan fingerprint density at radius 1 is 1.19 bits per heavy atom. The molecule has 4 rings (SSSR count). The molecule has 1 amide bonds. The molecule has 198 valence electrons. The van der Waals surface area contributed by atoms with Crippen molar-refractivity contribution in [1.29, 1.82) is 0 Å². The number of aromatic nitrogens is 1. The lowest BCUT2D eigenvalue weighted by Crippen LogP contribution is -2.38. The number of nitrogens with zero attached hydrogens (tertiary/aromatic N) is 1. The molecule has 2 heterocycles. The van der Waals surface area contributed by atoms with Gasteiger partial charge in [-0.2, -0.15) is 13.2 Å². The van der Waals surface area contributed by atoms with E-state index in [-0.39, 0.29) is 48.1 Å². The number of benzene rings is 2. The summed E-state index contributed by atoms with van der Waals surface area (Å²) in [6.07, 6.45) is -6.00. The summed E-state index contributed by atoms with van der Waals surface area (Å²) in [6, 6.07) is 10.2. The third kappa shape index (κ3) is 5.89. The molecule has 0 aliphatic carbocycles. The molecule has 2 atom stereocenters. The van der Waals surface area contributed by atoms with Gasteiger partial charge in [-0.1, -0.05) is 38.1 Å². The topological polar surface area (TPSA) is 115 Å². The number of pyridine rings is 1. The van der Waals surface area contributed by atoms with E-state index < -0.39 is 41.5 Å². The molecule has 0 spiro atoms. The predicted molar refractivity (Wildman–Crippen MR) is 134 cm³/mol. The van der Waals surface area contributed by atoms with Crippen LogP contribution in [0.2, 0.25) is 0 Å². The fourth-order valence-corrected chi connectivity index (χ4v) is 3.89. The zero-order valence-corrected chi connectivity index (χ0v) is 20.7. The quantitative estimate of drug-likeness (QED) is 0.446. The van der Waals surface area contributed by atoms with Crippen LogP contribution in [-0.4, -0.2) is 42.3 Å². The number of nitrogens with one attached hydrogen (secondary N) is 1. The van der Waals surface area contributed by atoms with Crippen LogP contribution in [-0.2, 0) is 20.4 Å². The van der Waals surface area contributed by atoms with Crippen molar-refractivity contribution in [3.8, 4) is 11.3 Å². The molecule has 1 aliphatic heterocycles. The molecule has 2 aromatic carbocycles. The number of halogens is 4. The molecule has 0 radical (unpaired) electrons. The molecule has 1 fully saturated rings. The van der Waals surface area contributed by atoms with Gasteiger partial charge in [-0.3, -0.25) is 14.5 Å². The fourth-order valence-electron chi connectivity index (χ4n) is 3.89. The lowest BCUT2D eigenvalue weighted by molar-refractivity contribution is -0.148. The van der Waals surface area contributed by atoms with Crippen LogP contribution in [0.3, 0.4) is 0 Å².